The van der Waals surface area contributed by atoms with E-state index in [9.17, 15) is 14.7 Å². The van der Waals surface area contributed by atoms with Gasteiger partial charge in [-0.2, -0.15) is 0 Å². The Kier molecular flexibility index (Phi) is 6.97. The van der Waals surface area contributed by atoms with Crippen molar-refractivity contribution < 1.29 is 44.3 Å². The molecule has 0 aliphatic heterocycles. The summed E-state index contributed by atoms with van der Waals surface area (Å²) in [5.41, 5.74) is 7.14. The van der Waals surface area contributed by atoms with Crippen molar-refractivity contribution in [3.05, 3.63) is 63.8 Å². The summed E-state index contributed by atoms with van der Waals surface area (Å²) < 4.78 is 0. The number of halogens is 2. The second kappa shape index (κ2) is 8.82. The van der Waals surface area contributed by atoms with E-state index in [1.54, 1.807) is 30.3 Å². The fraction of sp³-hybridized carbons (Fsp3) is 0. The van der Waals surface area contributed by atoms with Crippen LogP contribution in [0.3, 0.4) is 0 Å². The van der Waals surface area contributed by atoms with Crippen molar-refractivity contribution in [2.75, 3.05) is 11.1 Å². The molecule has 1 aromatic heterocycles. The third kappa shape index (κ3) is 4.86. The van der Waals surface area contributed by atoms with Crippen molar-refractivity contribution in [3.8, 4) is 0 Å². The number of carbonyl (C=O) groups is 2. The van der Waals surface area contributed by atoms with Gasteiger partial charge in [0.15, 0.2) is 0 Å². The third-order valence-corrected chi connectivity index (χ3v) is 4.13. The first-order chi connectivity index (χ1) is 12.3. The molecule has 2 aromatic carbocycles. The van der Waals surface area contributed by atoms with E-state index in [-0.39, 0.29) is 45.8 Å². The number of rotatable bonds is 4. The van der Waals surface area contributed by atoms with Crippen LogP contribution in [0.4, 0.5) is 11.4 Å². The molecular formula is C18H12Cl2N3NaO3. The first-order valence-electron chi connectivity index (χ1n) is 7.42. The molecule has 0 saturated carbocycles. The number of aromatic amines is 1. The number of fused-ring (bicyclic) bond motifs is 1. The number of hydrogen-bond acceptors (Lipinski definition) is 4. The van der Waals surface area contributed by atoms with Gasteiger partial charge in [0.2, 0.25) is 5.91 Å². The fourth-order valence-corrected chi connectivity index (χ4v) is 3.16. The van der Waals surface area contributed by atoms with Gasteiger partial charge < -0.3 is 25.9 Å². The number of amides is 1. The Morgan fingerprint density at radius 2 is 1.93 bits per heavy atom. The van der Waals surface area contributed by atoms with Crippen LogP contribution in [-0.2, 0) is 4.79 Å². The summed E-state index contributed by atoms with van der Waals surface area (Å²) in [7, 11) is 0. The van der Waals surface area contributed by atoms with Gasteiger partial charge in [-0.15, -0.1) is 0 Å². The minimum atomic E-state index is -1.43. The molecule has 0 unspecified atom stereocenters. The van der Waals surface area contributed by atoms with Gasteiger partial charge in [0.05, 0.1) is 16.7 Å². The second-order valence-electron chi connectivity index (χ2n) is 5.46. The molecule has 6 nitrogen and oxygen atoms in total. The van der Waals surface area contributed by atoms with Crippen LogP contribution in [0.15, 0.2) is 42.5 Å². The number of carboxylic acid groups (broad SMARTS) is 1. The molecule has 1 heterocycles. The van der Waals surface area contributed by atoms with Gasteiger partial charge in [0.1, 0.15) is 0 Å². The molecule has 0 radical (unpaired) electrons. The maximum absolute atomic E-state index is 12.1. The van der Waals surface area contributed by atoms with E-state index in [0.29, 0.717) is 27.3 Å². The normalized spacial score (nSPS) is 10.7. The maximum Gasteiger partial charge on any atom is 1.00 e. The standard InChI is InChI=1S/C18H13Cl2N3O3.Na/c19-9-6-13(20)16-12(17(18(25)26)23-14(16)7-9)4-5-15(24)22-11-3-1-2-10(21)8-11;/h1-8,23H,21H2,(H,22,24)(H,25,26);/q;+1/p-1/b5-4+;. The Labute approximate surface area is 186 Å². The van der Waals surface area contributed by atoms with Crippen LogP contribution in [0.1, 0.15) is 16.1 Å². The van der Waals surface area contributed by atoms with Gasteiger partial charge in [0.25, 0.3) is 0 Å². The second-order valence-corrected chi connectivity index (χ2v) is 6.30. The first kappa shape index (κ1) is 21.3. The molecule has 3 rings (SSSR count). The Balaban J connectivity index is 0.00000261. The van der Waals surface area contributed by atoms with Crippen molar-refractivity contribution in [1.29, 1.82) is 0 Å². The van der Waals surface area contributed by atoms with Crippen molar-refractivity contribution in [2.45, 2.75) is 0 Å². The predicted octanol–water partition coefficient (Wildman–Crippen LogP) is 0.0763. The van der Waals surface area contributed by atoms with Crippen LogP contribution in [0.2, 0.25) is 10.0 Å². The number of hydrogen-bond donors (Lipinski definition) is 3. The summed E-state index contributed by atoms with van der Waals surface area (Å²) in [6.07, 6.45) is 2.55. The number of aromatic nitrogens is 1. The topological polar surface area (TPSA) is 111 Å². The molecule has 0 bridgehead atoms. The number of nitrogens with two attached hydrogens (primary N) is 1. The van der Waals surface area contributed by atoms with Gasteiger partial charge in [-0.25, -0.2) is 0 Å². The monoisotopic (exact) mass is 411 g/mol. The average molecular weight is 412 g/mol. The summed E-state index contributed by atoms with van der Waals surface area (Å²) in [4.78, 5) is 26.2. The Hall–Kier alpha value is -1.96. The smallest absolute Gasteiger partial charge is 0.543 e. The van der Waals surface area contributed by atoms with E-state index in [1.165, 1.54) is 18.2 Å². The molecule has 0 aliphatic carbocycles. The molecule has 132 valence electrons. The SMILES string of the molecule is Nc1cccc(NC(=O)/C=C/c2c(C(=O)[O-])[nH]c3cc(Cl)cc(Cl)c23)c1.[Na+]. The summed E-state index contributed by atoms with van der Waals surface area (Å²) in [5.74, 6) is -1.89. The molecule has 4 N–H and O–H groups in total. The molecule has 3 aromatic rings. The van der Waals surface area contributed by atoms with Crippen LogP contribution in [-0.4, -0.2) is 16.9 Å². The van der Waals surface area contributed by atoms with Gasteiger partial charge in [-0.3, -0.25) is 4.79 Å². The molecule has 0 spiro atoms. The minimum absolute atomic E-state index is 0. The number of carboxylic acids is 1. The molecule has 0 saturated heterocycles. The average Bonchev–Trinajstić information content (AvgIpc) is 2.92. The van der Waals surface area contributed by atoms with Crippen molar-refractivity contribution in [2.24, 2.45) is 0 Å². The molecular weight excluding hydrogens is 400 g/mol. The first-order valence-corrected chi connectivity index (χ1v) is 8.17. The maximum atomic E-state index is 12.1. The zero-order valence-electron chi connectivity index (χ0n) is 14.2. The van der Waals surface area contributed by atoms with Crippen molar-refractivity contribution >= 4 is 63.4 Å². The Morgan fingerprint density at radius 3 is 2.59 bits per heavy atom. The van der Waals surface area contributed by atoms with Crippen molar-refractivity contribution in [3.63, 3.8) is 0 Å². The van der Waals surface area contributed by atoms with Crippen LogP contribution in [0, 0.1) is 0 Å². The largest absolute Gasteiger partial charge is 1.00 e. The quantitative estimate of drug-likeness (QED) is 0.320. The summed E-state index contributed by atoms with van der Waals surface area (Å²) in [5, 5.41) is 15.1. The van der Waals surface area contributed by atoms with E-state index >= 15 is 0 Å². The number of aromatic carboxylic acids is 1. The molecule has 0 atom stereocenters. The van der Waals surface area contributed by atoms with E-state index in [1.807, 2.05) is 0 Å². The molecule has 1 amide bonds. The van der Waals surface area contributed by atoms with E-state index in [2.05, 4.69) is 10.3 Å². The number of benzene rings is 2. The number of H-pyrrole nitrogens is 1. The van der Waals surface area contributed by atoms with Gasteiger partial charge in [0, 0.05) is 38.9 Å². The van der Waals surface area contributed by atoms with Crippen LogP contribution >= 0.6 is 23.2 Å². The third-order valence-electron chi connectivity index (χ3n) is 3.61. The zero-order chi connectivity index (χ0) is 18.8. The molecule has 9 heteroatoms. The minimum Gasteiger partial charge on any atom is -0.543 e. The van der Waals surface area contributed by atoms with Gasteiger partial charge >= 0.3 is 29.6 Å². The van der Waals surface area contributed by atoms with Crippen LogP contribution < -0.4 is 45.7 Å². The molecule has 27 heavy (non-hydrogen) atoms. The number of nitrogen functional groups attached to an aromatic ring is 1. The number of nitrogens with one attached hydrogen (secondary N) is 2. The van der Waals surface area contributed by atoms with Crippen LogP contribution in [0.5, 0.6) is 0 Å². The summed E-state index contributed by atoms with van der Waals surface area (Å²) >= 11 is 12.1. The fourth-order valence-electron chi connectivity index (χ4n) is 2.56. The van der Waals surface area contributed by atoms with Gasteiger partial charge in [-0.05, 0) is 36.4 Å². The molecule has 0 fully saturated rings. The van der Waals surface area contributed by atoms with Crippen molar-refractivity contribution in [1.82, 2.24) is 4.98 Å². The van der Waals surface area contributed by atoms with Gasteiger partial charge in [-0.1, -0.05) is 29.3 Å². The van der Waals surface area contributed by atoms with E-state index < -0.39 is 11.9 Å². The van der Waals surface area contributed by atoms with Crippen LogP contribution in [0.25, 0.3) is 17.0 Å². The van der Waals surface area contributed by atoms with E-state index in [4.69, 9.17) is 28.9 Å². The van der Waals surface area contributed by atoms with E-state index in [0.717, 1.165) is 0 Å². The Bertz CT molecular complexity index is 1060. The zero-order valence-corrected chi connectivity index (χ0v) is 17.7. The Morgan fingerprint density at radius 1 is 1.19 bits per heavy atom. The molecule has 0 aliphatic rings. The number of anilines is 2. The number of carbonyl (C=O) groups excluding carboxylic acids is 2. The summed E-state index contributed by atoms with van der Waals surface area (Å²) in [6.45, 7) is 0. The summed E-state index contributed by atoms with van der Waals surface area (Å²) in [6, 6.07) is 9.70. The predicted molar refractivity (Wildman–Crippen MR) is 101 cm³/mol.